The van der Waals surface area contributed by atoms with Crippen molar-refractivity contribution in [1.82, 2.24) is 4.90 Å². The summed E-state index contributed by atoms with van der Waals surface area (Å²) in [6.07, 6.45) is 2.12. The normalized spacial score (nSPS) is 18.2. The van der Waals surface area contributed by atoms with Gasteiger partial charge in [-0.1, -0.05) is 27.5 Å². The summed E-state index contributed by atoms with van der Waals surface area (Å²) in [4.78, 5) is 13.4. The predicted molar refractivity (Wildman–Crippen MR) is 70.3 cm³/mol. The molecule has 1 aliphatic rings. The first-order valence-electron chi connectivity index (χ1n) is 5.51. The number of aliphatic carboxylic acids is 1. The zero-order valence-electron chi connectivity index (χ0n) is 9.20. The molecule has 1 aliphatic heterocycles. The third-order valence-electron chi connectivity index (χ3n) is 2.99. The van der Waals surface area contributed by atoms with Crippen LogP contribution in [0.3, 0.4) is 0 Å². The Hall–Kier alpha value is -0.580. The second-order valence-corrected chi connectivity index (χ2v) is 5.44. The third kappa shape index (κ3) is 2.81. The zero-order chi connectivity index (χ0) is 12.4. The van der Waals surface area contributed by atoms with E-state index in [1.54, 1.807) is 18.2 Å². The molecule has 0 aliphatic carbocycles. The first-order chi connectivity index (χ1) is 8.09. The van der Waals surface area contributed by atoms with Crippen molar-refractivity contribution in [3.05, 3.63) is 33.3 Å². The summed E-state index contributed by atoms with van der Waals surface area (Å²) in [5.41, 5.74) is 0.729. The molecule has 1 aromatic carbocycles. The molecular formula is C12H13BrClNO2. The van der Waals surface area contributed by atoms with Gasteiger partial charge in [-0.05, 0) is 49.7 Å². The highest BCUT2D eigenvalue weighted by atomic mass is 79.9. The molecule has 1 atom stereocenters. The topological polar surface area (TPSA) is 40.5 Å². The van der Waals surface area contributed by atoms with Crippen LogP contribution in [0.25, 0.3) is 0 Å². The number of rotatable bonds is 3. The predicted octanol–water partition coefficient (Wildman–Crippen LogP) is 3.32. The SMILES string of the molecule is O=C(O)C(c1cc(Cl)ccc1Br)N1CCCC1. The van der Waals surface area contributed by atoms with Gasteiger partial charge in [0.1, 0.15) is 6.04 Å². The van der Waals surface area contributed by atoms with Crippen molar-refractivity contribution < 1.29 is 9.90 Å². The van der Waals surface area contributed by atoms with Crippen molar-refractivity contribution in [2.24, 2.45) is 0 Å². The number of carbonyl (C=O) groups is 1. The average molecular weight is 319 g/mol. The fraction of sp³-hybridized carbons (Fsp3) is 0.417. The summed E-state index contributed by atoms with van der Waals surface area (Å²) in [6.45, 7) is 1.66. The van der Waals surface area contributed by atoms with E-state index in [1.165, 1.54) is 0 Å². The van der Waals surface area contributed by atoms with Gasteiger partial charge in [-0.15, -0.1) is 0 Å². The number of likely N-dealkylation sites (tertiary alicyclic amines) is 1. The Bertz CT molecular complexity index is 433. The smallest absolute Gasteiger partial charge is 0.325 e. The molecule has 2 rings (SSSR count). The Morgan fingerprint density at radius 1 is 1.41 bits per heavy atom. The number of hydrogen-bond donors (Lipinski definition) is 1. The second kappa shape index (κ2) is 5.38. The minimum atomic E-state index is -0.824. The summed E-state index contributed by atoms with van der Waals surface area (Å²) < 4.78 is 0.793. The van der Waals surface area contributed by atoms with E-state index in [9.17, 15) is 9.90 Å². The van der Waals surface area contributed by atoms with Crippen molar-refractivity contribution in [3.8, 4) is 0 Å². The molecule has 5 heteroatoms. The standard InChI is InChI=1S/C12H13BrClNO2/c13-10-4-3-8(14)7-9(10)11(12(16)17)15-5-1-2-6-15/h3-4,7,11H,1-2,5-6H2,(H,16,17). The molecule has 3 nitrogen and oxygen atoms in total. The summed E-state index contributed by atoms with van der Waals surface area (Å²) in [5.74, 6) is -0.824. The molecule has 0 saturated carbocycles. The molecule has 1 saturated heterocycles. The Balaban J connectivity index is 2.37. The van der Waals surface area contributed by atoms with E-state index in [-0.39, 0.29) is 0 Å². The number of hydrogen-bond acceptors (Lipinski definition) is 2. The first-order valence-corrected chi connectivity index (χ1v) is 6.68. The van der Waals surface area contributed by atoms with E-state index in [1.807, 2.05) is 4.90 Å². The van der Waals surface area contributed by atoms with Crippen LogP contribution in [0.2, 0.25) is 5.02 Å². The van der Waals surface area contributed by atoms with Crippen LogP contribution in [0, 0.1) is 0 Å². The van der Waals surface area contributed by atoms with E-state index < -0.39 is 12.0 Å². The van der Waals surface area contributed by atoms with Crippen molar-refractivity contribution in [1.29, 1.82) is 0 Å². The lowest BCUT2D eigenvalue weighted by Crippen LogP contribution is -2.31. The number of carboxylic acids is 1. The van der Waals surface area contributed by atoms with Gasteiger partial charge in [0.15, 0.2) is 0 Å². The lowest BCUT2D eigenvalue weighted by atomic mass is 10.1. The molecule has 17 heavy (non-hydrogen) atoms. The van der Waals surface area contributed by atoms with Crippen LogP contribution in [-0.2, 0) is 4.79 Å². The van der Waals surface area contributed by atoms with Crippen LogP contribution >= 0.6 is 27.5 Å². The molecule has 0 radical (unpaired) electrons. The number of halogens is 2. The maximum Gasteiger partial charge on any atom is 0.325 e. The highest BCUT2D eigenvalue weighted by Gasteiger charge is 2.30. The van der Waals surface area contributed by atoms with Gasteiger partial charge in [0.2, 0.25) is 0 Å². The van der Waals surface area contributed by atoms with E-state index in [2.05, 4.69) is 15.9 Å². The minimum Gasteiger partial charge on any atom is -0.480 e. The Labute approximate surface area is 114 Å². The number of nitrogens with zero attached hydrogens (tertiary/aromatic N) is 1. The Kier molecular flexibility index (Phi) is 4.07. The lowest BCUT2D eigenvalue weighted by molar-refractivity contribution is -0.143. The van der Waals surface area contributed by atoms with Crippen molar-refractivity contribution in [2.45, 2.75) is 18.9 Å². The van der Waals surface area contributed by atoms with Gasteiger partial charge in [-0.25, -0.2) is 0 Å². The molecule has 1 aromatic rings. The zero-order valence-corrected chi connectivity index (χ0v) is 11.5. The van der Waals surface area contributed by atoms with Gasteiger partial charge in [-0.3, -0.25) is 9.69 Å². The molecule has 0 amide bonds. The Morgan fingerprint density at radius 3 is 2.65 bits per heavy atom. The van der Waals surface area contributed by atoms with Crippen molar-refractivity contribution in [2.75, 3.05) is 13.1 Å². The van der Waals surface area contributed by atoms with Crippen LogP contribution in [0.1, 0.15) is 24.4 Å². The number of carboxylic acid groups (broad SMARTS) is 1. The van der Waals surface area contributed by atoms with Crippen LogP contribution in [0.15, 0.2) is 22.7 Å². The molecular weight excluding hydrogens is 305 g/mol. The van der Waals surface area contributed by atoms with Gasteiger partial charge in [-0.2, -0.15) is 0 Å². The molecule has 0 bridgehead atoms. The fourth-order valence-electron chi connectivity index (χ4n) is 2.21. The molecule has 1 fully saturated rings. The molecule has 0 spiro atoms. The second-order valence-electron chi connectivity index (χ2n) is 4.15. The maximum absolute atomic E-state index is 11.4. The van der Waals surface area contributed by atoms with Crippen LogP contribution in [0.4, 0.5) is 0 Å². The van der Waals surface area contributed by atoms with Gasteiger partial charge in [0.25, 0.3) is 0 Å². The summed E-state index contributed by atoms with van der Waals surface area (Å²) in [7, 11) is 0. The third-order valence-corrected chi connectivity index (χ3v) is 3.95. The Morgan fingerprint density at radius 2 is 2.06 bits per heavy atom. The van der Waals surface area contributed by atoms with Crippen LogP contribution in [0.5, 0.6) is 0 Å². The highest BCUT2D eigenvalue weighted by Crippen LogP contribution is 2.32. The molecule has 1 heterocycles. The quantitative estimate of drug-likeness (QED) is 0.929. The van der Waals surface area contributed by atoms with Crippen LogP contribution < -0.4 is 0 Å². The molecule has 92 valence electrons. The van der Waals surface area contributed by atoms with Gasteiger partial charge in [0, 0.05) is 9.50 Å². The van der Waals surface area contributed by atoms with Gasteiger partial charge in [0.05, 0.1) is 0 Å². The number of benzene rings is 1. The minimum absolute atomic E-state index is 0.564. The molecule has 1 unspecified atom stereocenters. The highest BCUT2D eigenvalue weighted by molar-refractivity contribution is 9.10. The van der Waals surface area contributed by atoms with E-state index in [4.69, 9.17) is 11.6 Å². The van der Waals surface area contributed by atoms with E-state index >= 15 is 0 Å². The average Bonchev–Trinajstić information content (AvgIpc) is 2.76. The van der Waals surface area contributed by atoms with Gasteiger partial charge < -0.3 is 5.11 Å². The van der Waals surface area contributed by atoms with Crippen molar-refractivity contribution >= 4 is 33.5 Å². The lowest BCUT2D eigenvalue weighted by Gasteiger charge is -2.25. The summed E-state index contributed by atoms with van der Waals surface area (Å²) in [5, 5.41) is 9.96. The fourth-order valence-corrected chi connectivity index (χ4v) is 2.85. The summed E-state index contributed by atoms with van der Waals surface area (Å²) >= 11 is 9.34. The van der Waals surface area contributed by atoms with Crippen LogP contribution in [-0.4, -0.2) is 29.1 Å². The molecule has 1 N–H and O–H groups in total. The summed E-state index contributed by atoms with van der Waals surface area (Å²) in [6, 6.07) is 4.66. The first kappa shape index (κ1) is 12.9. The van der Waals surface area contributed by atoms with E-state index in [0.29, 0.717) is 5.02 Å². The van der Waals surface area contributed by atoms with Crippen molar-refractivity contribution in [3.63, 3.8) is 0 Å². The largest absolute Gasteiger partial charge is 0.480 e. The van der Waals surface area contributed by atoms with E-state index in [0.717, 1.165) is 36.0 Å². The monoisotopic (exact) mass is 317 g/mol. The maximum atomic E-state index is 11.4. The molecule has 0 aromatic heterocycles. The van der Waals surface area contributed by atoms with Gasteiger partial charge >= 0.3 is 5.97 Å².